The van der Waals surface area contributed by atoms with E-state index >= 15 is 0 Å². The smallest absolute Gasteiger partial charge is 0.201 e. The molecule has 0 aliphatic carbocycles. The highest BCUT2D eigenvalue weighted by molar-refractivity contribution is 9.10. The fourth-order valence-electron chi connectivity index (χ4n) is 1.40. The number of benzene rings is 2. The molecule has 2 aromatic rings. The Bertz CT molecular complexity index is 600. The van der Waals surface area contributed by atoms with E-state index in [9.17, 15) is 13.6 Å². The lowest BCUT2D eigenvalue weighted by atomic mass is 10.2. The lowest BCUT2D eigenvalue weighted by Gasteiger charge is -2.09. The van der Waals surface area contributed by atoms with Crippen molar-refractivity contribution >= 4 is 22.2 Å². The van der Waals surface area contributed by atoms with E-state index in [-0.39, 0.29) is 17.1 Å². The molecule has 0 aromatic heterocycles. The molecule has 0 radical (unpaired) electrons. The van der Waals surface area contributed by atoms with Crippen LogP contribution in [-0.2, 0) is 0 Å². The molecule has 5 heteroatoms. The number of hydrogen-bond acceptors (Lipinski definition) is 2. The molecule has 0 atom stereocenters. The summed E-state index contributed by atoms with van der Waals surface area (Å²) in [5.41, 5.74) is 0.261. The molecule has 18 heavy (non-hydrogen) atoms. The molecule has 92 valence electrons. The monoisotopic (exact) mass is 312 g/mol. The quantitative estimate of drug-likeness (QED) is 0.623. The second-order valence-corrected chi connectivity index (χ2v) is 4.37. The molecule has 0 fully saturated rings. The highest BCUT2D eigenvalue weighted by atomic mass is 79.9. The third-order valence-electron chi connectivity index (χ3n) is 2.23. The molecule has 0 saturated carbocycles. The van der Waals surface area contributed by atoms with Crippen LogP contribution < -0.4 is 4.74 Å². The first kappa shape index (κ1) is 12.7. The average Bonchev–Trinajstić information content (AvgIpc) is 2.36. The van der Waals surface area contributed by atoms with Gasteiger partial charge in [-0.3, -0.25) is 4.79 Å². The predicted octanol–water partition coefficient (Wildman–Crippen LogP) is 4.33. The van der Waals surface area contributed by atoms with Gasteiger partial charge in [-0.2, -0.15) is 4.39 Å². The molecule has 0 aliphatic rings. The van der Waals surface area contributed by atoms with Gasteiger partial charge in [0.2, 0.25) is 5.82 Å². The summed E-state index contributed by atoms with van der Waals surface area (Å²) in [6.45, 7) is 0. The third-order valence-corrected chi connectivity index (χ3v) is 2.68. The van der Waals surface area contributed by atoms with Crippen LogP contribution in [-0.4, -0.2) is 6.29 Å². The molecular formula is C13H7BrF2O2. The lowest BCUT2D eigenvalue weighted by Crippen LogP contribution is -1.95. The molecule has 0 spiro atoms. The second-order valence-electron chi connectivity index (χ2n) is 3.46. The number of rotatable bonds is 3. The summed E-state index contributed by atoms with van der Waals surface area (Å²) in [6.07, 6.45) is 0.585. The maximum absolute atomic E-state index is 13.5. The first-order valence-electron chi connectivity index (χ1n) is 4.98. The van der Waals surface area contributed by atoms with Crippen LogP contribution in [0.2, 0.25) is 0 Å². The summed E-state index contributed by atoms with van der Waals surface area (Å²) in [6, 6.07) is 8.59. The van der Waals surface area contributed by atoms with Crippen LogP contribution in [0.1, 0.15) is 10.4 Å². The van der Waals surface area contributed by atoms with Crippen LogP contribution >= 0.6 is 15.9 Å². The third kappa shape index (κ3) is 2.56. The van der Waals surface area contributed by atoms with Gasteiger partial charge in [0.05, 0.1) is 5.56 Å². The number of para-hydroxylation sites is 1. The van der Waals surface area contributed by atoms with Crippen LogP contribution in [0.5, 0.6) is 11.5 Å². The Morgan fingerprint density at radius 3 is 2.56 bits per heavy atom. The zero-order valence-corrected chi connectivity index (χ0v) is 10.6. The van der Waals surface area contributed by atoms with Crippen LogP contribution in [0.25, 0.3) is 0 Å². The summed E-state index contributed by atoms with van der Waals surface area (Å²) < 4.78 is 32.2. The molecule has 0 saturated heterocycles. The molecule has 2 rings (SSSR count). The van der Waals surface area contributed by atoms with Crippen LogP contribution in [0.3, 0.4) is 0 Å². The summed E-state index contributed by atoms with van der Waals surface area (Å²) in [5.74, 6) is -2.23. The van der Waals surface area contributed by atoms with Gasteiger partial charge >= 0.3 is 0 Å². The van der Waals surface area contributed by atoms with E-state index in [1.54, 1.807) is 12.1 Å². The fourth-order valence-corrected chi connectivity index (χ4v) is 1.80. The molecule has 2 aromatic carbocycles. The first-order chi connectivity index (χ1) is 8.61. The van der Waals surface area contributed by atoms with E-state index in [2.05, 4.69) is 15.9 Å². The van der Waals surface area contributed by atoms with E-state index in [0.717, 1.165) is 6.07 Å². The van der Waals surface area contributed by atoms with Gasteiger partial charge in [0.15, 0.2) is 17.9 Å². The molecule has 0 amide bonds. The van der Waals surface area contributed by atoms with Crippen molar-refractivity contribution in [1.82, 2.24) is 0 Å². The second kappa shape index (κ2) is 5.27. The van der Waals surface area contributed by atoms with E-state index < -0.39 is 11.6 Å². The average molecular weight is 313 g/mol. The van der Waals surface area contributed by atoms with Gasteiger partial charge < -0.3 is 4.74 Å². The van der Waals surface area contributed by atoms with Crippen LogP contribution in [0.4, 0.5) is 8.78 Å². The Morgan fingerprint density at radius 2 is 1.83 bits per heavy atom. The minimum atomic E-state index is -1.10. The van der Waals surface area contributed by atoms with Crippen molar-refractivity contribution in [3.8, 4) is 11.5 Å². The Hall–Kier alpha value is -1.75. The van der Waals surface area contributed by atoms with Gasteiger partial charge in [0.1, 0.15) is 5.75 Å². The standard InChI is InChI=1S/C13H7BrF2O2/c14-9-5-10(15)13(16)12(6-9)18-11-4-2-1-3-8(11)7-17/h1-7H. The van der Waals surface area contributed by atoms with E-state index in [1.807, 2.05) is 0 Å². The molecule has 0 bridgehead atoms. The van der Waals surface area contributed by atoms with Gasteiger partial charge in [-0.15, -0.1) is 0 Å². The number of ether oxygens (including phenoxy) is 1. The zero-order chi connectivity index (χ0) is 13.1. The Balaban J connectivity index is 2.43. The van der Waals surface area contributed by atoms with Gasteiger partial charge in [0, 0.05) is 4.47 Å². The van der Waals surface area contributed by atoms with Gasteiger partial charge in [-0.05, 0) is 24.3 Å². The molecule has 0 N–H and O–H groups in total. The first-order valence-corrected chi connectivity index (χ1v) is 5.77. The number of hydrogen-bond donors (Lipinski definition) is 0. The fraction of sp³-hybridized carbons (Fsp3) is 0. The Kier molecular flexibility index (Phi) is 3.72. The zero-order valence-electron chi connectivity index (χ0n) is 8.99. The van der Waals surface area contributed by atoms with E-state index in [0.29, 0.717) is 10.8 Å². The van der Waals surface area contributed by atoms with Crippen molar-refractivity contribution < 1.29 is 18.3 Å². The largest absolute Gasteiger partial charge is 0.453 e. The topological polar surface area (TPSA) is 26.3 Å². The number of carbonyl (C=O) groups is 1. The van der Waals surface area contributed by atoms with Crippen molar-refractivity contribution in [2.75, 3.05) is 0 Å². The minimum Gasteiger partial charge on any atom is -0.453 e. The van der Waals surface area contributed by atoms with Gasteiger partial charge in [-0.1, -0.05) is 28.1 Å². The molecular weight excluding hydrogens is 306 g/mol. The summed E-state index contributed by atoms with van der Waals surface area (Å²) >= 11 is 3.04. The van der Waals surface area contributed by atoms with E-state index in [4.69, 9.17) is 4.74 Å². The summed E-state index contributed by atoms with van der Waals surface area (Å²) in [5, 5.41) is 0. The van der Waals surface area contributed by atoms with Crippen molar-refractivity contribution in [2.24, 2.45) is 0 Å². The molecule has 2 nitrogen and oxygen atoms in total. The van der Waals surface area contributed by atoms with Crippen molar-refractivity contribution in [3.63, 3.8) is 0 Å². The molecule has 0 unspecified atom stereocenters. The highest BCUT2D eigenvalue weighted by Crippen LogP contribution is 2.30. The number of aldehydes is 1. The van der Waals surface area contributed by atoms with Gasteiger partial charge in [-0.25, -0.2) is 4.39 Å². The lowest BCUT2D eigenvalue weighted by molar-refractivity contribution is 0.112. The Morgan fingerprint density at radius 1 is 1.11 bits per heavy atom. The maximum atomic E-state index is 13.5. The number of carbonyl (C=O) groups excluding carboxylic acids is 1. The van der Waals surface area contributed by atoms with Crippen molar-refractivity contribution in [1.29, 1.82) is 0 Å². The Labute approximate surface area is 110 Å². The minimum absolute atomic E-state index is 0.170. The van der Waals surface area contributed by atoms with Crippen molar-refractivity contribution in [2.45, 2.75) is 0 Å². The highest BCUT2D eigenvalue weighted by Gasteiger charge is 2.13. The molecule has 0 heterocycles. The predicted molar refractivity (Wildman–Crippen MR) is 66.0 cm³/mol. The normalized spacial score (nSPS) is 10.2. The summed E-state index contributed by atoms with van der Waals surface area (Å²) in [4.78, 5) is 10.8. The van der Waals surface area contributed by atoms with Crippen molar-refractivity contribution in [3.05, 3.63) is 58.1 Å². The van der Waals surface area contributed by atoms with E-state index in [1.165, 1.54) is 18.2 Å². The SMILES string of the molecule is O=Cc1ccccc1Oc1cc(Br)cc(F)c1F. The van der Waals surface area contributed by atoms with Gasteiger partial charge in [0.25, 0.3) is 0 Å². The molecule has 0 aliphatic heterocycles. The summed E-state index contributed by atoms with van der Waals surface area (Å²) in [7, 11) is 0. The van der Waals surface area contributed by atoms with Crippen LogP contribution in [0, 0.1) is 11.6 Å². The number of halogens is 3. The van der Waals surface area contributed by atoms with Crippen LogP contribution in [0.15, 0.2) is 40.9 Å². The maximum Gasteiger partial charge on any atom is 0.201 e.